The summed E-state index contributed by atoms with van der Waals surface area (Å²) < 4.78 is 0. The highest BCUT2D eigenvalue weighted by molar-refractivity contribution is 6.02. The van der Waals surface area contributed by atoms with E-state index >= 15 is 0 Å². The van der Waals surface area contributed by atoms with Crippen molar-refractivity contribution < 1.29 is 0 Å². The standard InChI is InChI=1S/C84H54N2/c1-2-23-60(24-3-1)85(63-48-50-72-70-31-10-16-37-78(70)83(80(72)53-63)74-33-12-6-27-66(74)67-28-7-13-34-75(67)83)62-25-18-22-59(52-62)57-42-40-55(41-43-57)56-44-46-61(47-45-56)86(82-39-19-21-58-20-4-5-26-65(58)82)64-49-51-73-71-32-11-17-38-79(71)84(81(73)54-64)76-35-14-8-29-68(76)69-30-9-15-36-77(69)84/h1-54H. The number of hydrogen-bond donors (Lipinski definition) is 0. The maximum absolute atomic E-state index is 2.49. The highest BCUT2D eigenvalue weighted by atomic mass is 15.1. The molecule has 0 fully saturated rings. The van der Waals surface area contributed by atoms with Crippen molar-refractivity contribution >= 4 is 44.9 Å². The van der Waals surface area contributed by atoms with E-state index in [1.807, 2.05) is 0 Å². The molecule has 0 saturated heterocycles. The van der Waals surface area contributed by atoms with Crippen LogP contribution in [0.3, 0.4) is 0 Å². The molecule has 0 atom stereocenters. The van der Waals surface area contributed by atoms with Gasteiger partial charge >= 0.3 is 0 Å². The van der Waals surface area contributed by atoms with E-state index in [1.165, 1.54) is 99.8 Å². The molecule has 0 aliphatic heterocycles. The SMILES string of the molecule is c1ccc(N(c2cccc(-c3ccc(-c4ccc(N(c5ccc6c(c5)C5(c7ccccc7-c7ccccc75)c5ccccc5-6)c5cccc6ccccc56)cc4)cc3)c2)c2ccc3c(c2)C2(c4ccccc4-c4ccccc42)c2ccccc2-3)cc1. The first-order valence-corrected chi connectivity index (χ1v) is 30.0. The first kappa shape index (κ1) is 48.5. The van der Waals surface area contributed by atoms with E-state index in [0.29, 0.717) is 0 Å². The van der Waals surface area contributed by atoms with Gasteiger partial charge in [-0.3, -0.25) is 0 Å². The van der Waals surface area contributed by atoms with Crippen LogP contribution in [0.25, 0.3) is 77.5 Å². The van der Waals surface area contributed by atoms with Crippen LogP contribution in [0.1, 0.15) is 44.5 Å². The molecule has 0 amide bonds. The second kappa shape index (κ2) is 18.7. The number of nitrogens with zero attached hydrogens (tertiary/aromatic N) is 2. The van der Waals surface area contributed by atoms with Crippen LogP contribution in [0.15, 0.2) is 328 Å². The molecule has 4 aliphatic rings. The Labute approximate surface area is 501 Å². The summed E-state index contributed by atoms with van der Waals surface area (Å²) in [5.41, 5.74) is 31.6. The van der Waals surface area contributed by atoms with Gasteiger partial charge in [0.2, 0.25) is 0 Å². The number of fused-ring (bicyclic) bond motifs is 21. The predicted molar refractivity (Wildman–Crippen MR) is 357 cm³/mol. The predicted octanol–water partition coefficient (Wildman–Crippen LogP) is 21.8. The molecule has 2 nitrogen and oxygen atoms in total. The van der Waals surface area contributed by atoms with Gasteiger partial charge in [0.1, 0.15) is 0 Å². The normalized spacial score (nSPS) is 13.5. The van der Waals surface area contributed by atoms with Crippen LogP contribution in [-0.2, 0) is 10.8 Å². The van der Waals surface area contributed by atoms with Gasteiger partial charge in [-0.2, -0.15) is 0 Å². The molecule has 2 heteroatoms. The zero-order chi connectivity index (χ0) is 56.5. The van der Waals surface area contributed by atoms with Gasteiger partial charge in [-0.1, -0.05) is 261 Å². The quantitative estimate of drug-likeness (QED) is 0.150. The fourth-order valence-corrected chi connectivity index (χ4v) is 15.8. The van der Waals surface area contributed by atoms with Gasteiger partial charge in [-0.25, -0.2) is 0 Å². The van der Waals surface area contributed by atoms with Gasteiger partial charge in [0, 0.05) is 33.8 Å². The Hall–Kier alpha value is -11.1. The molecular weight excluding hydrogens is 1040 g/mol. The van der Waals surface area contributed by atoms with Crippen molar-refractivity contribution in [2.45, 2.75) is 10.8 Å². The third-order valence-electron chi connectivity index (χ3n) is 19.3. The van der Waals surface area contributed by atoms with Crippen LogP contribution < -0.4 is 9.80 Å². The largest absolute Gasteiger partial charge is 0.310 e. The molecule has 14 aromatic carbocycles. The molecule has 0 bridgehead atoms. The zero-order valence-corrected chi connectivity index (χ0v) is 47.1. The molecule has 86 heavy (non-hydrogen) atoms. The Morgan fingerprint density at radius 3 is 1.00 bits per heavy atom. The molecule has 400 valence electrons. The van der Waals surface area contributed by atoms with E-state index in [9.17, 15) is 0 Å². The molecule has 14 aromatic rings. The summed E-state index contributed by atoms with van der Waals surface area (Å²) in [5, 5.41) is 2.41. The average Bonchev–Trinajstić information content (AvgIpc) is 1.53. The molecule has 0 aromatic heterocycles. The minimum atomic E-state index is -0.450. The third-order valence-corrected chi connectivity index (χ3v) is 19.3. The van der Waals surface area contributed by atoms with Crippen molar-refractivity contribution in [3.63, 3.8) is 0 Å². The monoisotopic (exact) mass is 1090 g/mol. The number of rotatable bonds is 8. The van der Waals surface area contributed by atoms with Crippen molar-refractivity contribution in [3.8, 4) is 66.8 Å². The number of anilines is 6. The zero-order valence-electron chi connectivity index (χ0n) is 47.1. The van der Waals surface area contributed by atoms with Crippen molar-refractivity contribution in [1.82, 2.24) is 0 Å². The van der Waals surface area contributed by atoms with Gasteiger partial charge in [0.15, 0.2) is 0 Å². The van der Waals surface area contributed by atoms with Crippen LogP contribution in [0.5, 0.6) is 0 Å². The van der Waals surface area contributed by atoms with Crippen molar-refractivity contribution in [2.24, 2.45) is 0 Å². The number of para-hydroxylation sites is 1. The lowest BCUT2D eigenvalue weighted by atomic mass is 9.70. The molecule has 2 spiro atoms. The summed E-state index contributed by atoms with van der Waals surface area (Å²) in [5.74, 6) is 0. The lowest BCUT2D eigenvalue weighted by Gasteiger charge is -2.32. The highest BCUT2D eigenvalue weighted by Gasteiger charge is 2.53. The number of benzene rings is 14. The van der Waals surface area contributed by atoms with Crippen molar-refractivity contribution in [2.75, 3.05) is 9.80 Å². The highest BCUT2D eigenvalue weighted by Crippen LogP contribution is 2.65. The van der Waals surface area contributed by atoms with Crippen LogP contribution in [-0.4, -0.2) is 0 Å². The molecule has 18 rings (SSSR count). The van der Waals surface area contributed by atoms with E-state index in [1.54, 1.807) is 0 Å². The van der Waals surface area contributed by atoms with Gasteiger partial charge in [0.25, 0.3) is 0 Å². The smallest absolute Gasteiger partial charge is 0.0726 e. The van der Waals surface area contributed by atoms with Crippen LogP contribution in [0.4, 0.5) is 34.1 Å². The summed E-state index contributed by atoms with van der Waals surface area (Å²) in [7, 11) is 0. The topological polar surface area (TPSA) is 6.48 Å². The summed E-state index contributed by atoms with van der Waals surface area (Å²) in [6, 6.07) is 122. The van der Waals surface area contributed by atoms with Gasteiger partial charge in [-0.15, -0.1) is 0 Å². The Morgan fingerprint density at radius 2 is 0.512 bits per heavy atom. The Morgan fingerprint density at radius 1 is 0.186 bits per heavy atom. The van der Waals surface area contributed by atoms with Crippen LogP contribution in [0.2, 0.25) is 0 Å². The fraction of sp³-hybridized carbons (Fsp3) is 0.0238. The maximum atomic E-state index is 2.49. The van der Waals surface area contributed by atoms with E-state index in [0.717, 1.165) is 56.4 Å². The Bertz CT molecular complexity index is 4940. The second-order valence-electron chi connectivity index (χ2n) is 23.4. The van der Waals surface area contributed by atoms with Crippen molar-refractivity contribution in [1.29, 1.82) is 0 Å². The van der Waals surface area contributed by atoms with E-state index < -0.39 is 10.8 Å². The van der Waals surface area contributed by atoms with E-state index in [2.05, 4.69) is 337 Å². The molecule has 0 saturated carbocycles. The van der Waals surface area contributed by atoms with Crippen LogP contribution >= 0.6 is 0 Å². The Kier molecular flexibility index (Phi) is 10.6. The average molecular weight is 1090 g/mol. The molecule has 0 N–H and O–H groups in total. The third kappa shape index (κ3) is 6.78. The molecular formula is C84H54N2. The molecule has 0 unspecified atom stereocenters. The first-order chi connectivity index (χ1) is 42.7. The minimum absolute atomic E-state index is 0.437. The fourth-order valence-electron chi connectivity index (χ4n) is 15.8. The van der Waals surface area contributed by atoms with Crippen molar-refractivity contribution in [3.05, 3.63) is 372 Å². The maximum Gasteiger partial charge on any atom is 0.0726 e. The number of hydrogen-bond acceptors (Lipinski definition) is 2. The second-order valence-corrected chi connectivity index (χ2v) is 23.4. The Balaban J connectivity index is 0.709. The summed E-state index contributed by atoms with van der Waals surface area (Å²) in [4.78, 5) is 4.90. The summed E-state index contributed by atoms with van der Waals surface area (Å²) in [6.45, 7) is 0. The molecule has 4 aliphatic carbocycles. The minimum Gasteiger partial charge on any atom is -0.310 e. The lowest BCUT2D eigenvalue weighted by Crippen LogP contribution is -2.26. The van der Waals surface area contributed by atoms with Gasteiger partial charge < -0.3 is 9.80 Å². The summed E-state index contributed by atoms with van der Waals surface area (Å²) in [6.07, 6.45) is 0. The first-order valence-electron chi connectivity index (χ1n) is 30.0. The molecule has 0 heterocycles. The van der Waals surface area contributed by atoms with Crippen LogP contribution in [0, 0.1) is 0 Å². The molecule has 0 radical (unpaired) electrons. The van der Waals surface area contributed by atoms with Gasteiger partial charge in [-0.05, 0) is 183 Å². The van der Waals surface area contributed by atoms with E-state index in [-0.39, 0.29) is 0 Å². The van der Waals surface area contributed by atoms with E-state index in [4.69, 9.17) is 0 Å². The van der Waals surface area contributed by atoms with Gasteiger partial charge in [0.05, 0.1) is 16.5 Å². The summed E-state index contributed by atoms with van der Waals surface area (Å²) >= 11 is 0. The lowest BCUT2D eigenvalue weighted by molar-refractivity contribution is 0.793.